The first kappa shape index (κ1) is 19.5. The van der Waals surface area contributed by atoms with Crippen molar-refractivity contribution < 1.29 is 17.9 Å². The number of hydrogen-bond donors (Lipinski definition) is 1. The summed E-state index contributed by atoms with van der Waals surface area (Å²) >= 11 is 11.8. The largest absolute Gasteiger partial charge is 0.376 e. The second kappa shape index (κ2) is 8.49. The molecule has 0 aliphatic carbocycles. The minimum Gasteiger partial charge on any atom is -0.376 e. The minimum atomic E-state index is -3.55. The van der Waals surface area contributed by atoms with Crippen LogP contribution in [0.3, 0.4) is 0 Å². The highest BCUT2D eigenvalue weighted by molar-refractivity contribution is 7.88. The monoisotopic (exact) mass is 394 g/mol. The molecule has 0 spiro atoms. The van der Waals surface area contributed by atoms with E-state index in [0.717, 1.165) is 23.4 Å². The zero-order valence-corrected chi connectivity index (χ0v) is 15.6. The van der Waals surface area contributed by atoms with Crippen molar-refractivity contribution in [3.05, 3.63) is 33.8 Å². The Kier molecular flexibility index (Phi) is 6.88. The number of carbonyl (C=O) groups is 1. The van der Waals surface area contributed by atoms with E-state index in [4.69, 9.17) is 27.9 Å². The summed E-state index contributed by atoms with van der Waals surface area (Å²) in [5.41, 5.74) is 0.654. The van der Waals surface area contributed by atoms with Gasteiger partial charge in [0, 0.05) is 19.7 Å². The molecule has 0 radical (unpaired) electrons. The summed E-state index contributed by atoms with van der Waals surface area (Å²) in [6.07, 6.45) is 2.96. The van der Waals surface area contributed by atoms with Crippen molar-refractivity contribution in [1.29, 1.82) is 0 Å². The number of halogens is 2. The number of nitrogens with one attached hydrogen (secondary N) is 1. The van der Waals surface area contributed by atoms with Crippen molar-refractivity contribution in [3.63, 3.8) is 0 Å². The third-order valence-electron chi connectivity index (χ3n) is 3.68. The SMILES string of the molecule is CS(=O)(=O)N(CC(=O)NCC1CCCO1)Cc1ccc(Cl)c(Cl)c1. The van der Waals surface area contributed by atoms with Gasteiger partial charge in [0.2, 0.25) is 15.9 Å². The number of carbonyl (C=O) groups excluding carboxylic acids is 1. The summed E-state index contributed by atoms with van der Waals surface area (Å²) in [6, 6.07) is 4.86. The van der Waals surface area contributed by atoms with Gasteiger partial charge in [-0.05, 0) is 30.5 Å². The van der Waals surface area contributed by atoms with Crippen LogP contribution in [0.1, 0.15) is 18.4 Å². The molecule has 1 amide bonds. The lowest BCUT2D eigenvalue weighted by molar-refractivity contribution is -0.121. The number of benzene rings is 1. The van der Waals surface area contributed by atoms with Crippen LogP contribution in [0, 0.1) is 0 Å². The summed E-state index contributed by atoms with van der Waals surface area (Å²) in [4.78, 5) is 12.0. The molecule has 2 rings (SSSR count). The van der Waals surface area contributed by atoms with Crippen molar-refractivity contribution >= 4 is 39.1 Å². The molecule has 1 atom stereocenters. The quantitative estimate of drug-likeness (QED) is 0.767. The Morgan fingerprint density at radius 1 is 1.38 bits per heavy atom. The van der Waals surface area contributed by atoms with E-state index in [9.17, 15) is 13.2 Å². The molecule has 1 aromatic carbocycles. The van der Waals surface area contributed by atoms with Gasteiger partial charge in [0.15, 0.2) is 0 Å². The zero-order chi connectivity index (χ0) is 17.7. The van der Waals surface area contributed by atoms with Gasteiger partial charge in [-0.2, -0.15) is 4.31 Å². The first-order chi connectivity index (χ1) is 11.3. The van der Waals surface area contributed by atoms with E-state index < -0.39 is 10.0 Å². The Morgan fingerprint density at radius 2 is 2.12 bits per heavy atom. The van der Waals surface area contributed by atoms with Crippen LogP contribution >= 0.6 is 23.2 Å². The maximum Gasteiger partial charge on any atom is 0.235 e. The summed E-state index contributed by atoms with van der Waals surface area (Å²) in [5.74, 6) is -0.365. The summed E-state index contributed by atoms with van der Waals surface area (Å²) in [5, 5.41) is 3.44. The lowest BCUT2D eigenvalue weighted by Gasteiger charge is -2.20. The zero-order valence-electron chi connectivity index (χ0n) is 13.3. The third kappa shape index (κ3) is 5.89. The number of hydrogen-bond acceptors (Lipinski definition) is 4. The van der Waals surface area contributed by atoms with Gasteiger partial charge in [-0.25, -0.2) is 8.42 Å². The van der Waals surface area contributed by atoms with Gasteiger partial charge in [0.05, 0.1) is 28.9 Å². The van der Waals surface area contributed by atoms with Crippen LogP contribution in [0.25, 0.3) is 0 Å². The fraction of sp³-hybridized carbons (Fsp3) is 0.533. The molecule has 0 aromatic heterocycles. The molecule has 24 heavy (non-hydrogen) atoms. The van der Waals surface area contributed by atoms with Crippen LogP contribution < -0.4 is 5.32 Å². The molecule has 1 fully saturated rings. The molecule has 1 saturated heterocycles. The highest BCUT2D eigenvalue weighted by Gasteiger charge is 2.22. The van der Waals surface area contributed by atoms with Crippen LogP contribution in [-0.4, -0.2) is 50.7 Å². The van der Waals surface area contributed by atoms with Gasteiger partial charge in [-0.15, -0.1) is 0 Å². The van der Waals surface area contributed by atoms with E-state index in [2.05, 4.69) is 5.32 Å². The van der Waals surface area contributed by atoms with Crippen molar-refractivity contribution in [3.8, 4) is 0 Å². The van der Waals surface area contributed by atoms with Crippen molar-refractivity contribution in [1.82, 2.24) is 9.62 Å². The average Bonchev–Trinajstić information content (AvgIpc) is 3.00. The Balaban J connectivity index is 1.97. The van der Waals surface area contributed by atoms with E-state index in [1.54, 1.807) is 18.2 Å². The Labute approximate surface area is 152 Å². The number of amides is 1. The van der Waals surface area contributed by atoms with Gasteiger partial charge >= 0.3 is 0 Å². The number of nitrogens with zero attached hydrogens (tertiary/aromatic N) is 1. The Hall–Kier alpha value is -0.860. The molecule has 1 heterocycles. The summed E-state index contributed by atoms with van der Waals surface area (Å²) in [6.45, 7) is 0.880. The van der Waals surface area contributed by atoms with Crippen molar-refractivity contribution in [2.45, 2.75) is 25.5 Å². The van der Waals surface area contributed by atoms with E-state index in [1.165, 1.54) is 0 Å². The predicted octanol–water partition coefficient (Wildman–Crippen LogP) is 2.05. The molecule has 134 valence electrons. The normalized spacial score (nSPS) is 18.1. The third-order valence-corrected chi connectivity index (χ3v) is 5.62. The van der Waals surface area contributed by atoms with Gasteiger partial charge in [-0.3, -0.25) is 4.79 Å². The van der Waals surface area contributed by atoms with E-state index in [-0.39, 0.29) is 25.1 Å². The molecule has 0 saturated carbocycles. The smallest absolute Gasteiger partial charge is 0.235 e. The second-order valence-corrected chi connectivity index (χ2v) is 8.52. The first-order valence-electron chi connectivity index (χ1n) is 7.53. The molecule has 1 unspecified atom stereocenters. The molecule has 1 aliphatic rings. The van der Waals surface area contributed by atoms with Crippen LogP contribution in [0.4, 0.5) is 0 Å². The lowest BCUT2D eigenvalue weighted by atomic mass is 10.2. The van der Waals surface area contributed by atoms with Gasteiger partial charge in [0.25, 0.3) is 0 Å². The average molecular weight is 395 g/mol. The number of sulfonamides is 1. The summed E-state index contributed by atoms with van der Waals surface area (Å²) < 4.78 is 30.4. The topological polar surface area (TPSA) is 75.7 Å². The highest BCUT2D eigenvalue weighted by Crippen LogP contribution is 2.23. The maximum absolute atomic E-state index is 12.0. The van der Waals surface area contributed by atoms with E-state index in [0.29, 0.717) is 28.8 Å². The van der Waals surface area contributed by atoms with Crippen molar-refractivity contribution in [2.75, 3.05) is 26.0 Å². The predicted molar refractivity (Wildman–Crippen MR) is 93.7 cm³/mol. The van der Waals surface area contributed by atoms with Gasteiger partial charge in [0.1, 0.15) is 0 Å². The molecule has 9 heteroatoms. The highest BCUT2D eigenvalue weighted by atomic mass is 35.5. The van der Waals surface area contributed by atoms with Crippen LogP contribution in [-0.2, 0) is 26.1 Å². The molecule has 6 nitrogen and oxygen atoms in total. The Bertz CT molecular complexity index is 691. The van der Waals surface area contributed by atoms with E-state index >= 15 is 0 Å². The number of ether oxygens (including phenoxy) is 1. The van der Waals surface area contributed by atoms with Crippen molar-refractivity contribution in [2.24, 2.45) is 0 Å². The molecule has 0 bridgehead atoms. The van der Waals surface area contributed by atoms with Gasteiger partial charge in [-0.1, -0.05) is 29.3 Å². The number of rotatable bonds is 7. The van der Waals surface area contributed by atoms with E-state index in [1.807, 2.05) is 0 Å². The van der Waals surface area contributed by atoms with Crippen LogP contribution in [0.2, 0.25) is 10.0 Å². The fourth-order valence-corrected chi connectivity index (χ4v) is 3.44. The second-order valence-electron chi connectivity index (χ2n) is 5.72. The molecular formula is C15H20Cl2N2O4S. The molecular weight excluding hydrogens is 375 g/mol. The van der Waals surface area contributed by atoms with Gasteiger partial charge < -0.3 is 10.1 Å². The molecule has 1 N–H and O–H groups in total. The molecule has 1 aliphatic heterocycles. The Morgan fingerprint density at radius 3 is 2.71 bits per heavy atom. The lowest BCUT2D eigenvalue weighted by Crippen LogP contribution is -2.42. The summed E-state index contributed by atoms with van der Waals surface area (Å²) in [7, 11) is -3.55. The molecule has 1 aromatic rings. The van der Waals surface area contributed by atoms with Crippen LogP contribution in [0.15, 0.2) is 18.2 Å². The first-order valence-corrected chi connectivity index (χ1v) is 10.1. The standard InChI is InChI=1S/C15H20Cl2N2O4S/c1-24(21,22)19(9-11-4-5-13(16)14(17)7-11)10-15(20)18-8-12-3-2-6-23-12/h4-5,7,12H,2-3,6,8-10H2,1H3,(H,18,20). The minimum absolute atomic E-state index is 0.00991. The fourth-order valence-electron chi connectivity index (χ4n) is 2.38. The maximum atomic E-state index is 12.0. The van der Waals surface area contributed by atoms with Crippen LogP contribution in [0.5, 0.6) is 0 Å².